The lowest BCUT2D eigenvalue weighted by atomic mass is 10.0. The highest BCUT2D eigenvalue weighted by atomic mass is 16.2. The van der Waals surface area contributed by atoms with Crippen LogP contribution in [0.1, 0.15) is 57.8 Å². The van der Waals surface area contributed by atoms with Gasteiger partial charge >= 0.3 is 0 Å². The monoisotopic (exact) mass is 264 g/mol. The van der Waals surface area contributed by atoms with Crippen LogP contribution in [-0.2, 0) is 4.79 Å². The Balaban J connectivity index is 1.60. The first-order valence-electron chi connectivity index (χ1n) is 8.25. The van der Waals surface area contributed by atoms with Crippen LogP contribution in [-0.4, -0.2) is 47.9 Å². The Kier molecular flexibility index (Phi) is 4.11. The van der Waals surface area contributed by atoms with Crippen LogP contribution in [0.5, 0.6) is 0 Å². The molecular weight excluding hydrogens is 236 g/mol. The van der Waals surface area contributed by atoms with Gasteiger partial charge < -0.3 is 9.80 Å². The summed E-state index contributed by atoms with van der Waals surface area (Å²) < 4.78 is 0. The summed E-state index contributed by atoms with van der Waals surface area (Å²) in [5.74, 6) is 1.14. The van der Waals surface area contributed by atoms with E-state index in [0.29, 0.717) is 23.9 Å². The molecule has 0 radical (unpaired) electrons. The molecule has 3 nitrogen and oxygen atoms in total. The van der Waals surface area contributed by atoms with Gasteiger partial charge in [-0.1, -0.05) is 12.8 Å². The summed E-state index contributed by atoms with van der Waals surface area (Å²) in [7, 11) is 2.23. The van der Waals surface area contributed by atoms with E-state index in [2.05, 4.69) is 16.8 Å². The Hall–Kier alpha value is -0.570. The molecule has 2 atom stereocenters. The number of hydrogen-bond donors (Lipinski definition) is 0. The molecule has 1 aliphatic carbocycles. The van der Waals surface area contributed by atoms with E-state index in [-0.39, 0.29) is 0 Å². The molecule has 0 unspecified atom stereocenters. The highest BCUT2D eigenvalue weighted by Gasteiger charge is 2.38. The summed E-state index contributed by atoms with van der Waals surface area (Å²) >= 11 is 0. The van der Waals surface area contributed by atoms with Crippen molar-refractivity contribution in [3.8, 4) is 0 Å². The minimum Gasteiger partial charge on any atom is -0.338 e. The Morgan fingerprint density at radius 1 is 0.947 bits per heavy atom. The van der Waals surface area contributed by atoms with Crippen LogP contribution in [0.3, 0.4) is 0 Å². The lowest BCUT2D eigenvalue weighted by Crippen LogP contribution is -2.47. The molecule has 0 aromatic rings. The molecule has 0 aromatic carbocycles. The zero-order chi connectivity index (χ0) is 13.2. The third-order valence-corrected chi connectivity index (χ3v) is 5.58. The van der Waals surface area contributed by atoms with E-state index in [1.54, 1.807) is 0 Å². The predicted octanol–water partition coefficient (Wildman–Crippen LogP) is 2.65. The molecule has 3 aliphatic rings. The second kappa shape index (κ2) is 5.82. The van der Waals surface area contributed by atoms with Gasteiger partial charge in [-0.05, 0) is 58.0 Å². The molecule has 2 aliphatic heterocycles. The van der Waals surface area contributed by atoms with Crippen LogP contribution in [0.2, 0.25) is 0 Å². The molecule has 0 spiro atoms. The van der Waals surface area contributed by atoms with Crippen molar-refractivity contribution in [1.82, 2.24) is 9.80 Å². The van der Waals surface area contributed by atoms with Crippen molar-refractivity contribution in [2.45, 2.75) is 69.9 Å². The molecule has 108 valence electrons. The number of likely N-dealkylation sites (tertiary alicyclic amines) is 2. The summed E-state index contributed by atoms with van der Waals surface area (Å²) in [5, 5.41) is 0. The smallest absolute Gasteiger partial charge is 0.223 e. The normalized spacial score (nSPS) is 33.4. The molecule has 3 heteroatoms. The molecule has 0 aromatic heterocycles. The number of amides is 1. The minimum atomic E-state index is 0.453. The molecule has 1 saturated carbocycles. The van der Waals surface area contributed by atoms with Crippen LogP contribution >= 0.6 is 0 Å². The molecule has 19 heavy (non-hydrogen) atoms. The van der Waals surface area contributed by atoms with Gasteiger partial charge in [-0.3, -0.25) is 4.79 Å². The van der Waals surface area contributed by atoms with Crippen LogP contribution in [0.4, 0.5) is 0 Å². The maximum atomic E-state index is 12.6. The first-order valence-corrected chi connectivity index (χ1v) is 8.25. The van der Waals surface area contributed by atoms with Crippen molar-refractivity contribution >= 4 is 5.91 Å². The van der Waals surface area contributed by atoms with Gasteiger partial charge in [-0.2, -0.15) is 0 Å². The summed E-state index contributed by atoms with van der Waals surface area (Å²) in [6, 6.07) is 1.15. The lowest BCUT2D eigenvalue weighted by Gasteiger charge is -2.33. The average molecular weight is 264 g/mol. The second-order valence-corrected chi connectivity index (χ2v) is 6.84. The topological polar surface area (TPSA) is 23.6 Å². The fraction of sp³-hybridized carbons (Fsp3) is 0.938. The van der Waals surface area contributed by atoms with Crippen molar-refractivity contribution < 1.29 is 4.79 Å². The Morgan fingerprint density at radius 2 is 1.63 bits per heavy atom. The zero-order valence-corrected chi connectivity index (χ0v) is 12.3. The predicted molar refractivity (Wildman–Crippen MR) is 77.0 cm³/mol. The van der Waals surface area contributed by atoms with Crippen LogP contribution in [0.25, 0.3) is 0 Å². The maximum absolute atomic E-state index is 12.6. The number of hydrogen-bond acceptors (Lipinski definition) is 2. The molecule has 3 rings (SSSR count). The summed E-state index contributed by atoms with van der Waals surface area (Å²) in [4.78, 5) is 17.3. The van der Waals surface area contributed by atoms with Crippen LogP contribution < -0.4 is 0 Å². The number of carbonyl (C=O) groups is 1. The fourth-order valence-corrected chi connectivity index (χ4v) is 4.50. The summed E-state index contributed by atoms with van der Waals surface area (Å²) in [6.07, 6.45) is 11.1. The van der Waals surface area contributed by atoms with Gasteiger partial charge in [-0.25, -0.2) is 0 Å². The third kappa shape index (κ3) is 2.81. The van der Waals surface area contributed by atoms with E-state index >= 15 is 0 Å². The molecule has 1 amide bonds. The van der Waals surface area contributed by atoms with Gasteiger partial charge in [0.25, 0.3) is 0 Å². The van der Waals surface area contributed by atoms with E-state index in [9.17, 15) is 4.79 Å². The second-order valence-electron chi connectivity index (χ2n) is 6.84. The summed E-state index contributed by atoms with van der Waals surface area (Å²) in [5.41, 5.74) is 0. The van der Waals surface area contributed by atoms with Gasteiger partial charge in [0, 0.05) is 25.0 Å². The first kappa shape index (κ1) is 13.4. The van der Waals surface area contributed by atoms with Gasteiger partial charge in [0.2, 0.25) is 5.91 Å². The van der Waals surface area contributed by atoms with Gasteiger partial charge in [-0.15, -0.1) is 0 Å². The highest BCUT2D eigenvalue weighted by Crippen LogP contribution is 2.32. The molecule has 2 saturated heterocycles. The number of rotatable bonds is 3. The van der Waals surface area contributed by atoms with E-state index in [1.165, 1.54) is 57.9 Å². The van der Waals surface area contributed by atoms with E-state index in [4.69, 9.17) is 0 Å². The van der Waals surface area contributed by atoms with Crippen molar-refractivity contribution in [3.63, 3.8) is 0 Å². The van der Waals surface area contributed by atoms with E-state index < -0.39 is 0 Å². The van der Waals surface area contributed by atoms with Crippen LogP contribution in [0, 0.1) is 5.92 Å². The van der Waals surface area contributed by atoms with Crippen LogP contribution in [0.15, 0.2) is 0 Å². The minimum absolute atomic E-state index is 0.453. The van der Waals surface area contributed by atoms with Crippen molar-refractivity contribution in [1.29, 1.82) is 0 Å². The SMILES string of the molecule is CN1CCC[C@@H]1[C@@H]1CCCN1C(=O)CC1CCCC1. The number of carbonyl (C=O) groups excluding carboxylic acids is 1. The Morgan fingerprint density at radius 3 is 2.32 bits per heavy atom. The molecule has 0 bridgehead atoms. The number of nitrogens with zero attached hydrogens (tertiary/aromatic N) is 2. The lowest BCUT2D eigenvalue weighted by molar-refractivity contribution is -0.134. The summed E-state index contributed by atoms with van der Waals surface area (Å²) in [6.45, 7) is 2.23. The molecule has 3 fully saturated rings. The molecule has 0 N–H and O–H groups in total. The fourth-order valence-electron chi connectivity index (χ4n) is 4.50. The quantitative estimate of drug-likeness (QED) is 0.782. The third-order valence-electron chi connectivity index (χ3n) is 5.58. The van der Waals surface area contributed by atoms with E-state index in [1.807, 2.05) is 0 Å². The average Bonchev–Trinajstić information content (AvgIpc) is 3.07. The highest BCUT2D eigenvalue weighted by molar-refractivity contribution is 5.77. The zero-order valence-electron chi connectivity index (χ0n) is 12.3. The van der Waals surface area contributed by atoms with Crippen molar-refractivity contribution in [2.75, 3.05) is 20.1 Å². The Labute approximate surface area is 117 Å². The van der Waals surface area contributed by atoms with Crippen molar-refractivity contribution in [2.24, 2.45) is 5.92 Å². The van der Waals surface area contributed by atoms with Gasteiger partial charge in [0.1, 0.15) is 0 Å². The van der Waals surface area contributed by atoms with E-state index in [0.717, 1.165) is 13.0 Å². The largest absolute Gasteiger partial charge is 0.338 e. The van der Waals surface area contributed by atoms with Crippen molar-refractivity contribution in [3.05, 3.63) is 0 Å². The Bertz CT molecular complexity index is 325. The maximum Gasteiger partial charge on any atom is 0.223 e. The molecular formula is C16H28N2O. The number of likely N-dealkylation sites (N-methyl/N-ethyl adjacent to an activating group) is 1. The van der Waals surface area contributed by atoms with Gasteiger partial charge in [0.05, 0.1) is 0 Å². The molecule has 2 heterocycles. The standard InChI is InChI=1S/C16H28N2O/c1-17-10-4-8-14(17)15-9-5-11-18(15)16(19)12-13-6-2-3-7-13/h13-15H,2-12H2,1H3/t14-,15+/m1/s1. The van der Waals surface area contributed by atoms with Gasteiger partial charge in [0.15, 0.2) is 0 Å². The first-order chi connectivity index (χ1) is 9.25.